The highest BCUT2D eigenvalue weighted by Crippen LogP contribution is 2.39. The van der Waals surface area contributed by atoms with Gasteiger partial charge in [0.15, 0.2) is 0 Å². The molecule has 3 aromatic rings. The Morgan fingerprint density at radius 2 is 1.74 bits per heavy atom. The maximum Gasteiger partial charge on any atom is 0.264 e. The lowest BCUT2D eigenvalue weighted by molar-refractivity contribution is 0.396. The molecule has 1 unspecified atom stereocenters. The number of anilines is 1. The summed E-state index contributed by atoms with van der Waals surface area (Å²) in [6.07, 6.45) is 0. The van der Waals surface area contributed by atoms with Crippen LogP contribution in [0, 0.1) is 12.7 Å². The molecule has 3 rings (SSSR count). The average Bonchev–Trinajstić information content (AvgIpc) is 2.75. The molecule has 1 atom stereocenters. The van der Waals surface area contributed by atoms with E-state index in [0.717, 1.165) is 9.87 Å². The van der Waals surface area contributed by atoms with Crippen molar-refractivity contribution < 1.29 is 22.3 Å². The second-order valence-electron chi connectivity index (χ2n) is 6.98. The summed E-state index contributed by atoms with van der Waals surface area (Å²) in [6, 6.07) is 14.3. The molecule has 0 spiro atoms. The van der Waals surface area contributed by atoms with Crippen LogP contribution in [0.5, 0.6) is 11.5 Å². The Balaban J connectivity index is 2.24. The number of methoxy groups -OCH3 is 2. The van der Waals surface area contributed by atoms with Gasteiger partial charge in [-0.3, -0.25) is 4.31 Å². The van der Waals surface area contributed by atoms with Gasteiger partial charge in [0.25, 0.3) is 10.0 Å². The second-order valence-corrected chi connectivity index (χ2v) is 9.20. The van der Waals surface area contributed by atoms with Crippen LogP contribution in [0.3, 0.4) is 0 Å². The van der Waals surface area contributed by atoms with Crippen LogP contribution in [0.4, 0.5) is 10.1 Å². The third-order valence-electron chi connectivity index (χ3n) is 5.00. The van der Waals surface area contributed by atoms with Gasteiger partial charge in [-0.2, -0.15) is 0 Å². The third kappa shape index (κ3) is 4.62. The van der Waals surface area contributed by atoms with Crippen LogP contribution in [0.2, 0.25) is 5.02 Å². The SMILES string of the molecule is COc1ccc(OC)c(C(C)N(c2cccc(F)c2)S(=O)(=O)c2ccc(C)c(Cl)c2)c1. The first-order valence-electron chi connectivity index (χ1n) is 9.47. The molecule has 0 aromatic heterocycles. The Labute approximate surface area is 187 Å². The van der Waals surface area contributed by atoms with Gasteiger partial charge in [0.2, 0.25) is 0 Å². The fraction of sp³-hybridized carbons (Fsp3) is 0.217. The number of nitrogens with zero attached hydrogens (tertiary/aromatic N) is 1. The van der Waals surface area contributed by atoms with Crippen molar-refractivity contribution in [2.24, 2.45) is 0 Å². The van der Waals surface area contributed by atoms with Gasteiger partial charge >= 0.3 is 0 Å². The molecule has 0 N–H and O–H groups in total. The number of hydrogen-bond donors (Lipinski definition) is 0. The van der Waals surface area contributed by atoms with Crippen molar-refractivity contribution in [3.63, 3.8) is 0 Å². The molecule has 164 valence electrons. The van der Waals surface area contributed by atoms with E-state index in [0.29, 0.717) is 22.1 Å². The maximum absolute atomic E-state index is 14.1. The summed E-state index contributed by atoms with van der Waals surface area (Å²) in [4.78, 5) is 0.000995. The molecule has 0 aliphatic heterocycles. The Morgan fingerprint density at radius 1 is 1.00 bits per heavy atom. The first kappa shape index (κ1) is 22.9. The highest BCUT2D eigenvalue weighted by Gasteiger charge is 2.32. The number of halogens is 2. The van der Waals surface area contributed by atoms with Crippen LogP contribution in [-0.4, -0.2) is 22.6 Å². The van der Waals surface area contributed by atoms with Crippen molar-refractivity contribution in [1.82, 2.24) is 0 Å². The number of aryl methyl sites for hydroxylation is 1. The molecule has 3 aromatic carbocycles. The Morgan fingerprint density at radius 3 is 2.35 bits per heavy atom. The van der Waals surface area contributed by atoms with E-state index < -0.39 is 21.9 Å². The monoisotopic (exact) mass is 463 g/mol. The first-order chi connectivity index (χ1) is 14.7. The zero-order chi connectivity index (χ0) is 22.8. The van der Waals surface area contributed by atoms with Gasteiger partial charge in [0, 0.05) is 10.6 Å². The summed E-state index contributed by atoms with van der Waals surface area (Å²) in [5, 5.41) is 0.326. The van der Waals surface area contributed by atoms with Crippen molar-refractivity contribution in [2.75, 3.05) is 18.5 Å². The minimum atomic E-state index is -4.12. The van der Waals surface area contributed by atoms with Gasteiger partial charge in [0.1, 0.15) is 17.3 Å². The first-order valence-corrected chi connectivity index (χ1v) is 11.3. The highest BCUT2D eigenvalue weighted by atomic mass is 35.5. The molecule has 31 heavy (non-hydrogen) atoms. The largest absolute Gasteiger partial charge is 0.497 e. The molecule has 0 fully saturated rings. The summed E-state index contributed by atoms with van der Waals surface area (Å²) in [5.74, 6) is 0.467. The lowest BCUT2D eigenvalue weighted by Gasteiger charge is -2.32. The van der Waals surface area contributed by atoms with Gasteiger partial charge in [-0.25, -0.2) is 12.8 Å². The predicted molar refractivity (Wildman–Crippen MR) is 120 cm³/mol. The van der Waals surface area contributed by atoms with E-state index in [1.54, 1.807) is 44.2 Å². The molecule has 0 aliphatic carbocycles. The lowest BCUT2D eigenvalue weighted by Crippen LogP contribution is -2.34. The van der Waals surface area contributed by atoms with Crippen molar-refractivity contribution in [1.29, 1.82) is 0 Å². The Bertz CT molecular complexity index is 1200. The van der Waals surface area contributed by atoms with Crippen LogP contribution in [0.15, 0.2) is 65.6 Å². The molecule has 0 amide bonds. The maximum atomic E-state index is 14.1. The number of rotatable bonds is 7. The highest BCUT2D eigenvalue weighted by molar-refractivity contribution is 7.92. The number of benzene rings is 3. The predicted octanol–water partition coefficient (Wildman–Crippen LogP) is 5.76. The quantitative estimate of drug-likeness (QED) is 0.447. The molecule has 0 bridgehead atoms. The van der Waals surface area contributed by atoms with Crippen molar-refractivity contribution in [3.05, 3.63) is 82.6 Å². The van der Waals surface area contributed by atoms with Crippen LogP contribution in [0.25, 0.3) is 0 Å². The van der Waals surface area contributed by atoms with E-state index in [4.69, 9.17) is 21.1 Å². The van der Waals surface area contributed by atoms with Gasteiger partial charge in [-0.15, -0.1) is 0 Å². The Kier molecular flexibility index (Phi) is 6.77. The molecular formula is C23H23ClFNO4S. The normalized spacial score (nSPS) is 12.3. The van der Waals surface area contributed by atoms with E-state index in [9.17, 15) is 12.8 Å². The number of hydrogen-bond acceptors (Lipinski definition) is 4. The van der Waals surface area contributed by atoms with Crippen molar-refractivity contribution in [2.45, 2.75) is 24.8 Å². The minimum absolute atomic E-state index is 0.000995. The van der Waals surface area contributed by atoms with Crippen molar-refractivity contribution >= 4 is 27.3 Å². The summed E-state index contributed by atoms with van der Waals surface area (Å²) in [5.41, 5.74) is 1.49. The van der Waals surface area contributed by atoms with E-state index in [1.807, 2.05) is 0 Å². The molecule has 8 heteroatoms. The van der Waals surface area contributed by atoms with Gasteiger partial charge < -0.3 is 9.47 Å². The zero-order valence-electron chi connectivity index (χ0n) is 17.6. The topological polar surface area (TPSA) is 55.8 Å². The van der Waals surface area contributed by atoms with Gasteiger partial charge in [-0.1, -0.05) is 23.7 Å². The van der Waals surface area contributed by atoms with Crippen LogP contribution >= 0.6 is 11.6 Å². The van der Waals surface area contributed by atoms with Crippen LogP contribution < -0.4 is 13.8 Å². The number of ether oxygens (including phenoxy) is 2. The zero-order valence-corrected chi connectivity index (χ0v) is 19.2. The summed E-state index contributed by atoms with van der Waals surface area (Å²) in [6.45, 7) is 3.49. The molecule has 0 aliphatic rings. The fourth-order valence-electron chi connectivity index (χ4n) is 3.32. The van der Waals surface area contributed by atoms with Crippen molar-refractivity contribution in [3.8, 4) is 11.5 Å². The minimum Gasteiger partial charge on any atom is -0.497 e. The molecule has 0 radical (unpaired) electrons. The van der Waals surface area contributed by atoms with E-state index in [1.165, 1.54) is 44.6 Å². The lowest BCUT2D eigenvalue weighted by atomic mass is 10.1. The van der Waals surface area contributed by atoms with E-state index >= 15 is 0 Å². The smallest absolute Gasteiger partial charge is 0.264 e. The second kappa shape index (κ2) is 9.16. The van der Waals surface area contributed by atoms with Crippen LogP contribution in [0.1, 0.15) is 24.1 Å². The van der Waals surface area contributed by atoms with Gasteiger partial charge in [-0.05, 0) is 67.9 Å². The molecule has 0 heterocycles. The average molecular weight is 464 g/mol. The van der Waals surface area contributed by atoms with E-state index in [-0.39, 0.29) is 10.6 Å². The Hall–Kier alpha value is -2.77. The number of sulfonamides is 1. The molecule has 5 nitrogen and oxygen atoms in total. The molecule has 0 saturated heterocycles. The third-order valence-corrected chi connectivity index (χ3v) is 7.30. The standard InChI is InChI=1S/C23H23ClFNO4S/c1-15-8-10-20(14-22(15)24)31(27,28)26(18-7-5-6-17(25)12-18)16(2)21-13-19(29-3)9-11-23(21)30-4/h5-14,16H,1-4H3. The summed E-state index contributed by atoms with van der Waals surface area (Å²) >= 11 is 6.20. The molecular weight excluding hydrogens is 441 g/mol. The summed E-state index contributed by atoms with van der Waals surface area (Å²) < 4.78 is 53.5. The van der Waals surface area contributed by atoms with E-state index in [2.05, 4.69) is 0 Å². The van der Waals surface area contributed by atoms with Gasteiger partial charge in [0.05, 0.1) is 30.8 Å². The summed E-state index contributed by atoms with van der Waals surface area (Å²) in [7, 11) is -1.10. The fourth-order valence-corrected chi connectivity index (χ4v) is 5.22. The van der Waals surface area contributed by atoms with Crippen LogP contribution in [-0.2, 0) is 10.0 Å². The molecule has 0 saturated carbocycles.